The molecule has 0 radical (unpaired) electrons. The van der Waals surface area contributed by atoms with Crippen LogP contribution in [-0.2, 0) is 4.74 Å². The molecule has 2 heterocycles. The molecular formula is C19H28N2O3. The third-order valence-electron chi connectivity index (χ3n) is 4.92. The van der Waals surface area contributed by atoms with Crippen molar-refractivity contribution >= 4 is 5.91 Å². The summed E-state index contributed by atoms with van der Waals surface area (Å²) in [5, 5.41) is 0. The molecule has 1 saturated carbocycles. The molecule has 1 atom stereocenters. The Labute approximate surface area is 144 Å². The minimum Gasteiger partial charge on any atom is -0.472 e. The summed E-state index contributed by atoms with van der Waals surface area (Å²) in [6.07, 6.45) is 8.52. The second-order valence-electron chi connectivity index (χ2n) is 7.08. The first kappa shape index (κ1) is 17.2. The number of pyridine rings is 1. The number of carbonyl (C=O) groups excluding carboxylic acids is 1. The molecule has 2 fully saturated rings. The van der Waals surface area contributed by atoms with Gasteiger partial charge in [-0.3, -0.25) is 4.79 Å². The second kappa shape index (κ2) is 7.97. The molecule has 1 unspecified atom stereocenters. The fourth-order valence-electron chi connectivity index (χ4n) is 3.71. The molecule has 0 N–H and O–H groups in total. The molecule has 132 valence electrons. The van der Waals surface area contributed by atoms with Crippen molar-refractivity contribution in [1.82, 2.24) is 9.88 Å². The molecule has 5 nitrogen and oxygen atoms in total. The van der Waals surface area contributed by atoms with Gasteiger partial charge < -0.3 is 14.4 Å². The van der Waals surface area contributed by atoms with E-state index < -0.39 is 0 Å². The Morgan fingerprint density at radius 3 is 2.75 bits per heavy atom. The van der Waals surface area contributed by atoms with Gasteiger partial charge >= 0.3 is 0 Å². The quantitative estimate of drug-likeness (QED) is 0.829. The Balaban J connectivity index is 1.74. The normalized spacial score (nSPS) is 21.9. The van der Waals surface area contributed by atoms with Crippen LogP contribution < -0.4 is 4.74 Å². The maximum atomic E-state index is 13.1. The zero-order chi connectivity index (χ0) is 16.9. The average Bonchev–Trinajstić information content (AvgIpc) is 3.09. The predicted octanol–water partition coefficient (Wildman–Crippen LogP) is 3.43. The number of hydrogen-bond acceptors (Lipinski definition) is 4. The van der Waals surface area contributed by atoms with Crippen LogP contribution >= 0.6 is 0 Å². The van der Waals surface area contributed by atoms with E-state index >= 15 is 0 Å². The van der Waals surface area contributed by atoms with Crippen LogP contribution in [-0.4, -0.2) is 47.2 Å². The number of nitrogens with zero attached hydrogens (tertiary/aromatic N) is 2. The van der Waals surface area contributed by atoms with Gasteiger partial charge in [-0.2, -0.15) is 0 Å². The molecule has 0 aromatic carbocycles. The van der Waals surface area contributed by atoms with Crippen molar-refractivity contribution in [2.45, 2.75) is 70.6 Å². The summed E-state index contributed by atoms with van der Waals surface area (Å²) < 4.78 is 11.2. The van der Waals surface area contributed by atoms with Crippen molar-refractivity contribution in [3.05, 3.63) is 23.9 Å². The summed E-state index contributed by atoms with van der Waals surface area (Å²) >= 11 is 0. The van der Waals surface area contributed by atoms with Gasteiger partial charge in [0.25, 0.3) is 5.91 Å². The molecule has 2 aliphatic rings. The highest BCUT2D eigenvalue weighted by molar-refractivity contribution is 5.94. The van der Waals surface area contributed by atoms with Crippen molar-refractivity contribution in [2.75, 3.05) is 13.2 Å². The third-order valence-corrected chi connectivity index (χ3v) is 4.92. The molecule has 1 amide bonds. The summed E-state index contributed by atoms with van der Waals surface area (Å²) in [4.78, 5) is 19.4. The van der Waals surface area contributed by atoms with Crippen LogP contribution in [0.5, 0.6) is 5.88 Å². The highest BCUT2D eigenvalue weighted by atomic mass is 16.5. The van der Waals surface area contributed by atoms with Crippen molar-refractivity contribution in [3.63, 3.8) is 0 Å². The molecule has 0 spiro atoms. The van der Waals surface area contributed by atoms with E-state index in [1.54, 1.807) is 18.3 Å². The van der Waals surface area contributed by atoms with E-state index in [0.29, 0.717) is 24.1 Å². The number of ether oxygens (including phenoxy) is 2. The van der Waals surface area contributed by atoms with E-state index in [1.165, 1.54) is 19.3 Å². The van der Waals surface area contributed by atoms with Crippen molar-refractivity contribution < 1.29 is 14.3 Å². The lowest BCUT2D eigenvalue weighted by Crippen LogP contribution is -2.45. The summed E-state index contributed by atoms with van der Waals surface area (Å²) in [5.74, 6) is 0.607. The summed E-state index contributed by atoms with van der Waals surface area (Å²) in [6, 6.07) is 4.12. The maximum Gasteiger partial charge on any atom is 0.254 e. The zero-order valence-corrected chi connectivity index (χ0v) is 14.7. The third kappa shape index (κ3) is 4.07. The molecule has 1 saturated heterocycles. The van der Waals surface area contributed by atoms with Crippen LogP contribution in [0.2, 0.25) is 0 Å². The van der Waals surface area contributed by atoms with Gasteiger partial charge in [-0.05, 0) is 32.8 Å². The molecule has 0 bridgehead atoms. The molecule has 1 aromatic rings. The molecule has 1 aliphatic heterocycles. The number of hydrogen-bond donors (Lipinski definition) is 0. The Kier molecular flexibility index (Phi) is 5.72. The van der Waals surface area contributed by atoms with Crippen LogP contribution in [0.4, 0.5) is 0 Å². The standard InChI is InChI=1S/C19H28N2O3/c1-14(2)21(16-6-4-3-5-7-16)19(22)15-8-10-20-18(12-15)24-17-9-11-23-13-17/h8,10,12,14,16-17H,3-7,9,11,13H2,1-2H3. The Hall–Kier alpha value is -1.62. The molecule has 3 rings (SSSR count). The SMILES string of the molecule is CC(C)N(C(=O)c1ccnc(OC2CCOC2)c1)C1CCCCC1. The number of rotatable bonds is 5. The monoisotopic (exact) mass is 332 g/mol. The van der Waals surface area contributed by atoms with Gasteiger partial charge in [0.15, 0.2) is 0 Å². The lowest BCUT2D eigenvalue weighted by atomic mass is 9.93. The first-order chi connectivity index (χ1) is 11.6. The highest BCUT2D eigenvalue weighted by Crippen LogP contribution is 2.26. The average molecular weight is 332 g/mol. The first-order valence-corrected chi connectivity index (χ1v) is 9.18. The number of carbonyl (C=O) groups is 1. The fraction of sp³-hybridized carbons (Fsp3) is 0.684. The minimum atomic E-state index is 0.0439. The summed E-state index contributed by atoms with van der Waals surface area (Å²) in [6.45, 7) is 5.52. The molecule has 1 aromatic heterocycles. The number of aromatic nitrogens is 1. The fourth-order valence-corrected chi connectivity index (χ4v) is 3.71. The predicted molar refractivity (Wildman–Crippen MR) is 92.3 cm³/mol. The van der Waals surface area contributed by atoms with Gasteiger partial charge in [-0.15, -0.1) is 0 Å². The topological polar surface area (TPSA) is 51.7 Å². The van der Waals surface area contributed by atoms with Gasteiger partial charge in [0.2, 0.25) is 5.88 Å². The van der Waals surface area contributed by atoms with E-state index in [0.717, 1.165) is 25.9 Å². The molecule has 24 heavy (non-hydrogen) atoms. The lowest BCUT2D eigenvalue weighted by molar-refractivity contribution is 0.0554. The zero-order valence-electron chi connectivity index (χ0n) is 14.7. The van der Waals surface area contributed by atoms with Crippen LogP contribution in [0.25, 0.3) is 0 Å². The molecular weight excluding hydrogens is 304 g/mol. The smallest absolute Gasteiger partial charge is 0.254 e. The Morgan fingerprint density at radius 2 is 2.08 bits per heavy atom. The van der Waals surface area contributed by atoms with Crippen molar-refractivity contribution in [2.24, 2.45) is 0 Å². The maximum absolute atomic E-state index is 13.1. The van der Waals surface area contributed by atoms with Gasteiger partial charge in [0.05, 0.1) is 13.2 Å². The first-order valence-electron chi connectivity index (χ1n) is 9.18. The second-order valence-corrected chi connectivity index (χ2v) is 7.08. The van der Waals surface area contributed by atoms with Gasteiger partial charge in [0, 0.05) is 36.3 Å². The Morgan fingerprint density at radius 1 is 1.29 bits per heavy atom. The summed E-state index contributed by atoms with van der Waals surface area (Å²) in [5.41, 5.74) is 0.665. The largest absolute Gasteiger partial charge is 0.472 e. The van der Waals surface area contributed by atoms with E-state index in [2.05, 4.69) is 23.7 Å². The van der Waals surface area contributed by atoms with Crippen LogP contribution in [0, 0.1) is 0 Å². The van der Waals surface area contributed by atoms with Gasteiger partial charge in [-0.25, -0.2) is 4.98 Å². The minimum absolute atomic E-state index is 0.0439. The van der Waals surface area contributed by atoms with E-state index in [4.69, 9.17) is 9.47 Å². The lowest BCUT2D eigenvalue weighted by Gasteiger charge is -2.37. The Bertz CT molecular complexity index is 549. The van der Waals surface area contributed by atoms with Gasteiger partial charge in [-0.1, -0.05) is 19.3 Å². The van der Waals surface area contributed by atoms with Gasteiger partial charge in [0.1, 0.15) is 6.10 Å². The van der Waals surface area contributed by atoms with E-state index in [9.17, 15) is 4.79 Å². The van der Waals surface area contributed by atoms with Crippen LogP contribution in [0.1, 0.15) is 62.7 Å². The van der Waals surface area contributed by atoms with Crippen LogP contribution in [0.15, 0.2) is 18.3 Å². The highest BCUT2D eigenvalue weighted by Gasteiger charge is 2.28. The van der Waals surface area contributed by atoms with E-state index in [1.807, 2.05) is 0 Å². The van der Waals surface area contributed by atoms with Crippen LogP contribution in [0.3, 0.4) is 0 Å². The van der Waals surface area contributed by atoms with E-state index in [-0.39, 0.29) is 18.1 Å². The summed E-state index contributed by atoms with van der Waals surface area (Å²) in [7, 11) is 0. The van der Waals surface area contributed by atoms with Crippen molar-refractivity contribution in [3.8, 4) is 5.88 Å². The van der Waals surface area contributed by atoms with Crippen molar-refractivity contribution in [1.29, 1.82) is 0 Å². The molecule has 1 aliphatic carbocycles. The number of amides is 1. The molecule has 5 heteroatoms.